The van der Waals surface area contributed by atoms with Crippen LogP contribution in [0.25, 0.3) is 82.7 Å². The van der Waals surface area contributed by atoms with Gasteiger partial charge in [-0.15, -0.1) is 0 Å². The Kier molecular flexibility index (Phi) is 7.14. The number of benzene rings is 9. The predicted molar refractivity (Wildman–Crippen MR) is 229 cm³/mol. The van der Waals surface area contributed by atoms with Crippen molar-refractivity contribution >= 4 is 71.5 Å². The van der Waals surface area contributed by atoms with Crippen LogP contribution in [0.15, 0.2) is 205 Å². The molecule has 0 aliphatic heterocycles. The summed E-state index contributed by atoms with van der Waals surface area (Å²) in [7, 11) is 0. The highest BCUT2D eigenvalue weighted by Gasteiger charge is 2.21. The quantitative estimate of drug-likeness (QED) is 0.162. The van der Waals surface area contributed by atoms with Gasteiger partial charge in [0.05, 0.1) is 16.7 Å². The molecule has 55 heavy (non-hydrogen) atoms. The average molecular weight is 704 g/mol. The molecular formula is C51H33N3O. The molecule has 9 aromatic carbocycles. The summed E-state index contributed by atoms with van der Waals surface area (Å²) in [6.07, 6.45) is 0. The van der Waals surface area contributed by atoms with Gasteiger partial charge in [0.15, 0.2) is 5.58 Å². The predicted octanol–water partition coefficient (Wildman–Crippen LogP) is 14.0. The highest BCUT2D eigenvalue weighted by Crippen LogP contribution is 2.45. The molecular weight excluding hydrogens is 671 g/mol. The maximum absolute atomic E-state index is 6.63. The lowest BCUT2D eigenvalue weighted by Crippen LogP contribution is -2.11. The largest absolute Gasteiger partial charge is 0.435 e. The van der Waals surface area contributed by atoms with Crippen molar-refractivity contribution in [1.82, 2.24) is 9.55 Å². The number of hydrogen-bond acceptors (Lipinski definition) is 3. The Bertz CT molecular complexity index is 3200. The molecule has 4 nitrogen and oxygen atoms in total. The van der Waals surface area contributed by atoms with Crippen LogP contribution in [-0.2, 0) is 0 Å². The Hall–Kier alpha value is -7.43. The van der Waals surface area contributed by atoms with Crippen molar-refractivity contribution in [3.8, 4) is 28.3 Å². The second-order valence-corrected chi connectivity index (χ2v) is 14.0. The van der Waals surface area contributed by atoms with E-state index >= 15 is 0 Å². The normalized spacial score (nSPS) is 11.6. The second-order valence-electron chi connectivity index (χ2n) is 14.0. The molecule has 4 heteroatoms. The van der Waals surface area contributed by atoms with Crippen molar-refractivity contribution in [1.29, 1.82) is 0 Å². The Morgan fingerprint density at radius 1 is 0.455 bits per heavy atom. The van der Waals surface area contributed by atoms with Crippen LogP contribution in [0.2, 0.25) is 0 Å². The van der Waals surface area contributed by atoms with Crippen LogP contribution in [0, 0.1) is 0 Å². The minimum absolute atomic E-state index is 0.622. The van der Waals surface area contributed by atoms with Crippen molar-refractivity contribution < 1.29 is 4.42 Å². The lowest BCUT2D eigenvalue weighted by atomic mass is 9.98. The first-order chi connectivity index (χ1) is 27.3. The minimum atomic E-state index is 0.622. The molecule has 0 atom stereocenters. The zero-order valence-corrected chi connectivity index (χ0v) is 29.8. The monoisotopic (exact) mass is 703 g/mol. The topological polar surface area (TPSA) is 34.2 Å². The maximum atomic E-state index is 6.63. The molecule has 0 amide bonds. The second kappa shape index (κ2) is 12.6. The summed E-state index contributed by atoms with van der Waals surface area (Å²) in [5.74, 6) is 0.622. The van der Waals surface area contributed by atoms with Gasteiger partial charge in [0, 0.05) is 44.3 Å². The van der Waals surface area contributed by atoms with Gasteiger partial charge < -0.3 is 13.9 Å². The molecule has 0 saturated heterocycles. The van der Waals surface area contributed by atoms with E-state index in [9.17, 15) is 0 Å². The molecule has 0 N–H and O–H groups in total. The SMILES string of the molecule is c1ccc(-c2nc3ccc4ccc5ccc(N(c6ccc7c8ccccc8n(-c8ccccc8)c7c6)c6ccccc6-c6ccccc6)cc5c4c3o2)cc1. The summed E-state index contributed by atoms with van der Waals surface area (Å²) >= 11 is 0. The van der Waals surface area contributed by atoms with E-state index in [-0.39, 0.29) is 0 Å². The van der Waals surface area contributed by atoms with Crippen LogP contribution in [0.3, 0.4) is 0 Å². The lowest BCUT2D eigenvalue weighted by molar-refractivity contribution is 0.623. The van der Waals surface area contributed by atoms with Crippen LogP contribution < -0.4 is 4.90 Å². The van der Waals surface area contributed by atoms with Gasteiger partial charge in [0.2, 0.25) is 5.89 Å². The summed E-state index contributed by atoms with van der Waals surface area (Å²) in [4.78, 5) is 7.34. The van der Waals surface area contributed by atoms with Crippen LogP contribution in [-0.4, -0.2) is 9.55 Å². The van der Waals surface area contributed by atoms with E-state index in [1.54, 1.807) is 0 Å². The molecule has 0 aliphatic rings. The van der Waals surface area contributed by atoms with E-state index in [0.29, 0.717) is 5.89 Å². The molecule has 0 spiro atoms. The molecule has 2 heterocycles. The summed E-state index contributed by atoms with van der Waals surface area (Å²) in [6.45, 7) is 0. The summed E-state index contributed by atoms with van der Waals surface area (Å²) in [6, 6.07) is 71.1. The first-order valence-electron chi connectivity index (χ1n) is 18.6. The fourth-order valence-electron chi connectivity index (χ4n) is 8.26. The van der Waals surface area contributed by atoms with Crippen LogP contribution in [0.5, 0.6) is 0 Å². The Morgan fingerprint density at radius 2 is 1.07 bits per heavy atom. The fraction of sp³-hybridized carbons (Fsp3) is 0. The highest BCUT2D eigenvalue weighted by molar-refractivity contribution is 6.19. The molecule has 11 aromatic rings. The summed E-state index contributed by atoms with van der Waals surface area (Å²) in [5, 5.41) is 6.86. The number of hydrogen-bond donors (Lipinski definition) is 0. The van der Waals surface area contributed by atoms with Crippen molar-refractivity contribution in [2.45, 2.75) is 0 Å². The third-order valence-electron chi connectivity index (χ3n) is 10.8. The van der Waals surface area contributed by atoms with Gasteiger partial charge in [-0.25, -0.2) is 4.98 Å². The lowest BCUT2D eigenvalue weighted by Gasteiger charge is -2.28. The molecule has 258 valence electrons. The molecule has 0 saturated carbocycles. The van der Waals surface area contributed by atoms with Crippen molar-refractivity contribution in [2.24, 2.45) is 0 Å². The van der Waals surface area contributed by atoms with Crippen molar-refractivity contribution in [3.05, 3.63) is 200 Å². The molecule has 0 unspecified atom stereocenters. The molecule has 0 radical (unpaired) electrons. The third kappa shape index (κ3) is 5.11. The highest BCUT2D eigenvalue weighted by atomic mass is 16.3. The molecule has 11 rings (SSSR count). The number of nitrogens with zero attached hydrogens (tertiary/aromatic N) is 3. The van der Waals surface area contributed by atoms with Crippen LogP contribution in [0.4, 0.5) is 17.1 Å². The van der Waals surface area contributed by atoms with Gasteiger partial charge in [-0.2, -0.15) is 0 Å². The van der Waals surface area contributed by atoms with E-state index in [0.717, 1.165) is 77.6 Å². The Balaban J connectivity index is 1.19. The Labute approximate surface area is 317 Å². The smallest absolute Gasteiger partial charge is 0.227 e. The van der Waals surface area contributed by atoms with E-state index in [1.165, 1.54) is 16.3 Å². The van der Waals surface area contributed by atoms with Gasteiger partial charge in [0.1, 0.15) is 5.52 Å². The molecule has 0 bridgehead atoms. The van der Waals surface area contributed by atoms with Crippen LogP contribution in [0.1, 0.15) is 0 Å². The number of para-hydroxylation sites is 3. The zero-order chi connectivity index (χ0) is 36.3. The van der Waals surface area contributed by atoms with Gasteiger partial charge in [-0.3, -0.25) is 0 Å². The summed E-state index contributed by atoms with van der Waals surface area (Å²) < 4.78 is 9.01. The fourth-order valence-corrected chi connectivity index (χ4v) is 8.26. The number of oxazole rings is 1. The van der Waals surface area contributed by atoms with E-state index in [2.05, 4.69) is 179 Å². The molecule has 0 aliphatic carbocycles. The number of anilines is 3. The third-order valence-corrected chi connectivity index (χ3v) is 10.8. The standard InChI is InChI=1S/C51H33N3O/c1-4-14-34(15-5-1)41-20-10-12-22-46(41)53(40-29-30-43-42-21-11-13-23-47(42)54(48(43)33-40)38-18-8-3-9-19-38)39-28-26-35-24-25-36-27-31-45-50(49(36)44(35)32-39)55-51(52-45)37-16-6-2-7-17-37/h1-33H. The number of aromatic nitrogens is 2. The van der Waals surface area contributed by atoms with Crippen molar-refractivity contribution in [2.75, 3.05) is 4.90 Å². The minimum Gasteiger partial charge on any atom is -0.435 e. The molecule has 2 aromatic heterocycles. The maximum Gasteiger partial charge on any atom is 0.227 e. The van der Waals surface area contributed by atoms with E-state index in [1.807, 2.05) is 30.3 Å². The average Bonchev–Trinajstić information content (AvgIpc) is 3.84. The van der Waals surface area contributed by atoms with Gasteiger partial charge in [-0.05, 0) is 88.5 Å². The van der Waals surface area contributed by atoms with Gasteiger partial charge >= 0.3 is 0 Å². The molecule has 0 fully saturated rings. The first kappa shape index (κ1) is 31.1. The summed E-state index contributed by atoms with van der Waals surface area (Å²) in [5.41, 5.74) is 11.6. The zero-order valence-electron chi connectivity index (χ0n) is 29.8. The number of fused-ring (bicyclic) bond motifs is 8. The van der Waals surface area contributed by atoms with E-state index < -0.39 is 0 Å². The number of rotatable bonds is 6. The van der Waals surface area contributed by atoms with Crippen molar-refractivity contribution in [3.63, 3.8) is 0 Å². The van der Waals surface area contributed by atoms with E-state index in [4.69, 9.17) is 9.40 Å². The Morgan fingerprint density at radius 3 is 1.91 bits per heavy atom. The van der Waals surface area contributed by atoms with Gasteiger partial charge in [0.25, 0.3) is 0 Å². The van der Waals surface area contributed by atoms with Crippen LogP contribution >= 0.6 is 0 Å². The first-order valence-corrected chi connectivity index (χ1v) is 18.6. The van der Waals surface area contributed by atoms with Gasteiger partial charge in [-0.1, -0.05) is 133 Å².